The largest absolute Gasteiger partial charge is 0.340 e. The van der Waals surface area contributed by atoms with Gasteiger partial charge in [-0.05, 0) is 38.3 Å². The van der Waals surface area contributed by atoms with Crippen LogP contribution >= 0.6 is 0 Å². The van der Waals surface area contributed by atoms with Crippen LogP contribution in [0.25, 0.3) is 0 Å². The number of Topliss-reactive ketones (excluding diaryl/α,β-unsaturated/α-hetero) is 1. The minimum absolute atomic E-state index is 0.0639. The number of hydrogen-bond acceptors (Lipinski definition) is 6. The van der Waals surface area contributed by atoms with Crippen LogP contribution in [0.5, 0.6) is 0 Å². The van der Waals surface area contributed by atoms with Crippen molar-refractivity contribution >= 4 is 31.7 Å². The van der Waals surface area contributed by atoms with E-state index in [1.165, 1.54) is 27.7 Å². The van der Waals surface area contributed by atoms with E-state index >= 15 is 0 Å². The lowest BCUT2D eigenvalue weighted by atomic mass is 9.98. The second kappa shape index (κ2) is 9.98. The predicted molar refractivity (Wildman–Crippen MR) is 120 cm³/mol. The van der Waals surface area contributed by atoms with Crippen molar-refractivity contribution < 1.29 is 26.4 Å². The Morgan fingerprint density at radius 3 is 2.31 bits per heavy atom. The third-order valence-electron chi connectivity index (χ3n) is 6.02. The molecular formula is C21H31N3O6S2. The van der Waals surface area contributed by atoms with Crippen molar-refractivity contribution in [2.75, 3.05) is 45.0 Å². The molecule has 11 heteroatoms. The van der Waals surface area contributed by atoms with Crippen molar-refractivity contribution in [2.24, 2.45) is 5.92 Å². The van der Waals surface area contributed by atoms with E-state index in [1.807, 2.05) is 6.92 Å². The number of amides is 1. The van der Waals surface area contributed by atoms with E-state index < -0.39 is 26.0 Å². The van der Waals surface area contributed by atoms with Gasteiger partial charge in [-0.1, -0.05) is 19.1 Å². The fourth-order valence-electron chi connectivity index (χ4n) is 4.22. The maximum Gasteiger partial charge on any atom is 0.243 e. The highest BCUT2D eigenvalue weighted by Crippen LogP contribution is 2.24. The summed E-state index contributed by atoms with van der Waals surface area (Å²) in [6, 6.07) is 5.96. The molecule has 1 unspecified atom stereocenters. The summed E-state index contributed by atoms with van der Waals surface area (Å²) in [4.78, 5) is 26.3. The number of carbonyl (C=O) groups is 2. The van der Waals surface area contributed by atoms with Crippen molar-refractivity contribution in [3.63, 3.8) is 0 Å². The maximum absolute atomic E-state index is 13.0. The second-order valence-electron chi connectivity index (χ2n) is 8.33. The molecule has 0 spiro atoms. The van der Waals surface area contributed by atoms with Gasteiger partial charge in [-0.15, -0.1) is 0 Å². The molecular weight excluding hydrogens is 454 g/mol. The van der Waals surface area contributed by atoms with Gasteiger partial charge in [-0.2, -0.15) is 4.31 Å². The fraction of sp³-hybridized carbons (Fsp3) is 0.619. The van der Waals surface area contributed by atoms with Crippen LogP contribution in [0.2, 0.25) is 0 Å². The number of sulfonamides is 2. The summed E-state index contributed by atoms with van der Waals surface area (Å²) in [6.07, 6.45) is 1.80. The number of carbonyl (C=O) groups excluding carboxylic acids is 2. The van der Waals surface area contributed by atoms with Crippen LogP contribution in [0.1, 0.15) is 43.5 Å². The van der Waals surface area contributed by atoms with Gasteiger partial charge in [0, 0.05) is 44.8 Å². The van der Waals surface area contributed by atoms with Crippen LogP contribution in [0, 0.1) is 5.92 Å². The summed E-state index contributed by atoms with van der Waals surface area (Å²) < 4.78 is 53.5. The van der Waals surface area contributed by atoms with Gasteiger partial charge in [-0.25, -0.2) is 21.1 Å². The summed E-state index contributed by atoms with van der Waals surface area (Å²) in [5, 5.41) is 0. The Bertz CT molecular complexity index is 1060. The van der Waals surface area contributed by atoms with Crippen LogP contribution in [0.3, 0.4) is 0 Å². The average molecular weight is 486 g/mol. The number of piperazine rings is 1. The van der Waals surface area contributed by atoms with Gasteiger partial charge in [-0.3, -0.25) is 9.59 Å². The predicted octanol–water partition coefficient (Wildman–Crippen LogP) is 1.17. The zero-order chi connectivity index (χ0) is 23.5. The van der Waals surface area contributed by atoms with Crippen molar-refractivity contribution in [1.82, 2.24) is 13.5 Å². The zero-order valence-electron chi connectivity index (χ0n) is 18.6. The van der Waals surface area contributed by atoms with E-state index in [0.29, 0.717) is 31.4 Å². The van der Waals surface area contributed by atoms with E-state index in [-0.39, 0.29) is 55.1 Å². The van der Waals surface area contributed by atoms with Gasteiger partial charge in [0.15, 0.2) is 5.78 Å². The Labute approximate surface area is 190 Å². The minimum Gasteiger partial charge on any atom is -0.340 e. The highest BCUT2D eigenvalue weighted by molar-refractivity contribution is 7.89. The minimum atomic E-state index is -3.77. The lowest BCUT2D eigenvalue weighted by molar-refractivity contribution is -0.137. The molecule has 2 heterocycles. The molecule has 2 saturated heterocycles. The van der Waals surface area contributed by atoms with Gasteiger partial charge >= 0.3 is 0 Å². The SMILES string of the molecule is CCCS(=O)(=O)N1CCCC(C(=O)N2CCN(S(=O)(=O)c3cccc(C(C)=O)c3)CC2)C1. The number of nitrogens with zero attached hydrogens (tertiary/aromatic N) is 3. The molecule has 0 radical (unpaired) electrons. The molecule has 0 saturated carbocycles. The Morgan fingerprint density at radius 1 is 1.00 bits per heavy atom. The summed E-state index contributed by atoms with van der Waals surface area (Å²) in [7, 11) is -7.12. The van der Waals surface area contributed by atoms with E-state index in [2.05, 4.69) is 0 Å². The molecule has 1 amide bonds. The van der Waals surface area contributed by atoms with E-state index in [1.54, 1.807) is 17.0 Å². The number of benzene rings is 1. The lowest BCUT2D eigenvalue weighted by Gasteiger charge is -2.38. The maximum atomic E-state index is 13.0. The zero-order valence-corrected chi connectivity index (χ0v) is 20.2. The third kappa shape index (κ3) is 5.38. The topological polar surface area (TPSA) is 112 Å². The Morgan fingerprint density at radius 2 is 1.69 bits per heavy atom. The smallest absolute Gasteiger partial charge is 0.243 e. The van der Waals surface area contributed by atoms with Crippen LogP contribution < -0.4 is 0 Å². The van der Waals surface area contributed by atoms with E-state index in [4.69, 9.17) is 0 Å². The normalized spacial score (nSPS) is 21.4. The Kier molecular flexibility index (Phi) is 7.74. The van der Waals surface area contributed by atoms with Gasteiger partial charge < -0.3 is 4.90 Å². The van der Waals surface area contributed by atoms with Gasteiger partial charge in [0.2, 0.25) is 26.0 Å². The van der Waals surface area contributed by atoms with E-state index in [9.17, 15) is 26.4 Å². The molecule has 0 N–H and O–H groups in total. The number of piperidine rings is 1. The first kappa shape index (κ1) is 24.8. The molecule has 0 aliphatic carbocycles. The summed E-state index contributed by atoms with van der Waals surface area (Å²) in [6.45, 7) is 4.65. The van der Waals surface area contributed by atoms with Crippen LogP contribution in [0.4, 0.5) is 0 Å². The average Bonchev–Trinajstić information content (AvgIpc) is 2.79. The van der Waals surface area contributed by atoms with Gasteiger partial charge in [0.1, 0.15) is 0 Å². The Hall–Kier alpha value is -1.82. The Balaban J connectivity index is 1.63. The summed E-state index contributed by atoms with van der Waals surface area (Å²) in [5.74, 6) is -0.641. The molecule has 0 aromatic heterocycles. The number of hydrogen-bond donors (Lipinski definition) is 0. The molecule has 2 aliphatic heterocycles. The van der Waals surface area contributed by atoms with Gasteiger partial charge in [0.05, 0.1) is 16.6 Å². The highest BCUT2D eigenvalue weighted by atomic mass is 32.2. The molecule has 0 bridgehead atoms. The molecule has 1 aromatic rings. The van der Waals surface area contributed by atoms with Crippen LogP contribution in [0.15, 0.2) is 29.2 Å². The first-order valence-corrected chi connectivity index (χ1v) is 14.0. The van der Waals surface area contributed by atoms with Crippen LogP contribution in [-0.4, -0.2) is 87.1 Å². The van der Waals surface area contributed by atoms with Crippen molar-refractivity contribution in [1.29, 1.82) is 0 Å². The molecule has 1 atom stereocenters. The van der Waals surface area contributed by atoms with E-state index in [0.717, 1.165) is 0 Å². The summed E-state index contributed by atoms with van der Waals surface area (Å²) >= 11 is 0. The quantitative estimate of drug-likeness (QED) is 0.536. The second-order valence-corrected chi connectivity index (χ2v) is 12.4. The molecule has 2 aliphatic rings. The van der Waals surface area contributed by atoms with Crippen molar-refractivity contribution in [2.45, 2.75) is 38.0 Å². The number of rotatable bonds is 7. The number of ketones is 1. The van der Waals surface area contributed by atoms with Crippen molar-refractivity contribution in [3.8, 4) is 0 Å². The lowest BCUT2D eigenvalue weighted by Crippen LogP contribution is -2.54. The monoisotopic (exact) mass is 485 g/mol. The summed E-state index contributed by atoms with van der Waals surface area (Å²) in [5.41, 5.74) is 0.333. The molecule has 2 fully saturated rings. The molecule has 178 valence electrons. The molecule has 3 rings (SSSR count). The molecule has 32 heavy (non-hydrogen) atoms. The molecule has 9 nitrogen and oxygen atoms in total. The van der Waals surface area contributed by atoms with Gasteiger partial charge in [0.25, 0.3) is 0 Å². The standard InChI is InChI=1S/C21H31N3O6S2/c1-3-14-31(27,28)24-9-5-7-19(16-24)21(26)22-10-12-23(13-11-22)32(29,30)20-8-4-6-18(15-20)17(2)25/h4,6,8,15,19H,3,5,7,9-14,16H2,1-2H3. The fourth-order valence-corrected chi connectivity index (χ4v) is 7.27. The molecule has 1 aromatic carbocycles. The first-order chi connectivity index (χ1) is 15.1. The van der Waals surface area contributed by atoms with Crippen molar-refractivity contribution in [3.05, 3.63) is 29.8 Å². The highest BCUT2D eigenvalue weighted by Gasteiger charge is 2.36. The first-order valence-electron chi connectivity index (χ1n) is 10.9. The van der Waals surface area contributed by atoms with Crippen LogP contribution in [-0.2, 0) is 24.8 Å². The third-order valence-corrected chi connectivity index (χ3v) is 9.95.